The number of aryl methyl sites for hydroxylation is 1. The van der Waals surface area contributed by atoms with Crippen LogP contribution in [0.15, 0.2) is 36.4 Å². The zero-order chi connectivity index (χ0) is 21.7. The molecule has 0 aliphatic heterocycles. The highest BCUT2D eigenvalue weighted by Gasteiger charge is 2.21. The average molecular weight is 434 g/mol. The molecule has 0 fully saturated rings. The minimum atomic E-state index is -2.74. The smallest absolute Gasteiger partial charge is 0.280 e. The molecule has 2 N–H and O–H groups in total. The predicted octanol–water partition coefficient (Wildman–Crippen LogP) is 5.30. The molecule has 0 spiro atoms. The Balaban J connectivity index is 2.20. The molecule has 2 aromatic heterocycles. The molecule has 30 heavy (non-hydrogen) atoms. The monoisotopic (exact) mass is 434 g/mol. The second-order valence-electron chi connectivity index (χ2n) is 6.54. The zero-order valence-electron chi connectivity index (χ0n) is 16.5. The van der Waals surface area contributed by atoms with Gasteiger partial charge in [0.25, 0.3) is 6.43 Å². The first-order valence-corrected chi connectivity index (χ1v) is 10.6. The first-order valence-electron chi connectivity index (χ1n) is 9.21. The number of alkyl halides is 2. The minimum absolute atomic E-state index is 0.0298. The Morgan fingerprint density at radius 3 is 2.47 bits per heavy atom. The zero-order valence-corrected chi connectivity index (χ0v) is 17.3. The third kappa shape index (κ3) is 5.21. The van der Waals surface area contributed by atoms with Crippen molar-refractivity contribution in [2.45, 2.75) is 19.8 Å². The number of pyridine rings is 1. The molecule has 9 heteroatoms. The molecule has 3 rings (SSSR count). The Bertz CT molecular complexity index is 1020. The van der Waals surface area contributed by atoms with Gasteiger partial charge in [0.15, 0.2) is 0 Å². The molecule has 158 valence electrons. The van der Waals surface area contributed by atoms with Crippen LogP contribution in [0.5, 0.6) is 5.88 Å². The predicted molar refractivity (Wildman–Crippen MR) is 113 cm³/mol. The van der Waals surface area contributed by atoms with Crippen molar-refractivity contribution in [2.24, 2.45) is 0 Å². The molecule has 0 bridgehead atoms. The van der Waals surface area contributed by atoms with Crippen LogP contribution in [0, 0.1) is 12.7 Å². The number of hydrogen-bond donors (Lipinski definition) is 1. The fourth-order valence-electron chi connectivity index (χ4n) is 2.96. The molecule has 0 radical (unpaired) electrons. The summed E-state index contributed by atoms with van der Waals surface area (Å²) in [5.74, 6) is 0.645. The Labute approximate surface area is 176 Å². The molecule has 0 saturated heterocycles. The van der Waals surface area contributed by atoms with E-state index in [9.17, 15) is 13.2 Å². The number of anilines is 1. The lowest BCUT2D eigenvalue weighted by atomic mass is 9.99. The summed E-state index contributed by atoms with van der Waals surface area (Å²) in [6.45, 7) is 2.00. The fraction of sp³-hybridized carbons (Fsp3) is 0.286. The summed E-state index contributed by atoms with van der Waals surface area (Å²) >= 11 is 1.68. The van der Waals surface area contributed by atoms with Gasteiger partial charge in [-0.3, -0.25) is 4.98 Å². The maximum absolute atomic E-state index is 13.4. The van der Waals surface area contributed by atoms with Gasteiger partial charge in [0.1, 0.15) is 11.5 Å². The number of rotatable bonds is 8. The van der Waals surface area contributed by atoms with E-state index < -0.39 is 12.2 Å². The number of benzene rings is 1. The second kappa shape index (κ2) is 9.80. The third-order valence-electron chi connectivity index (χ3n) is 4.23. The number of hydrogen-bond acceptors (Lipinski definition) is 6. The van der Waals surface area contributed by atoms with Crippen LogP contribution in [-0.2, 0) is 0 Å². The van der Waals surface area contributed by atoms with Crippen molar-refractivity contribution in [3.8, 4) is 28.3 Å². The van der Waals surface area contributed by atoms with Crippen LogP contribution >= 0.6 is 11.8 Å². The summed E-state index contributed by atoms with van der Waals surface area (Å²) < 4.78 is 46.1. The molecular formula is C21H21F3N4OS. The van der Waals surface area contributed by atoms with Gasteiger partial charge in [-0.05, 0) is 67.3 Å². The van der Waals surface area contributed by atoms with E-state index in [0.29, 0.717) is 34.7 Å². The van der Waals surface area contributed by atoms with Crippen LogP contribution in [0.4, 0.5) is 19.1 Å². The molecule has 5 nitrogen and oxygen atoms in total. The first-order chi connectivity index (χ1) is 14.4. The highest BCUT2D eigenvalue weighted by atomic mass is 32.2. The summed E-state index contributed by atoms with van der Waals surface area (Å²) in [5, 5.41) is 0. The lowest BCUT2D eigenvalue weighted by Crippen LogP contribution is -2.07. The highest BCUT2D eigenvalue weighted by molar-refractivity contribution is 7.98. The van der Waals surface area contributed by atoms with Gasteiger partial charge in [-0.1, -0.05) is 0 Å². The Morgan fingerprint density at radius 2 is 1.80 bits per heavy atom. The van der Waals surface area contributed by atoms with Crippen molar-refractivity contribution >= 4 is 17.7 Å². The Hall–Kier alpha value is -2.81. The van der Waals surface area contributed by atoms with Crippen molar-refractivity contribution < 1.29 is 17.9 Å². The van der Waals surface area contributed by atoms with Gasteiger partial charge in [0.2, 0.25) is 11.8 Å². The molecule has 0 aliphatic rings. The standard InChI is InChI=1S/C21H21F3N4OS/c1-12-10-14(11-16(26-12)19(23)24)17-18(13-4-6-15(22)7-5-13)27-21(25)28-20(17)29-8-3-9-30-2/h4-7,10-11,19H,3,8-9H2,1-2H3,(H2,25,27,28). The van der Waals surface area contributed by atoms with Gasteiger partial charge >= 0.3 is 0 Å². The van der Waals surface area contributed by atoms with Gasteiger partial charge in [-0.25, -0.2) is 18.2 Å². The van der Waals surface area contributed by atoms with Crippen molar-refractivity contribution in [3.05, 3.63) is 53.6 Å². The fourth-order valence-corrected chi connectivity index (χ4v) is 3.37. The van der Waals surface area contributed by atoms with Crippen LogP contribution < -0.4 is 10.5 Å². The summed E-state index contributed by atoms with van der Waals surface area (Å²) in [6, 6.07) is 8.61. The molecule has 0 saturated carbocycles. The number of nitrogens with zero attached hydrogens (tertiary/aromatic N) is 3. The van der Waals surface area contributed by atoms with E-state index in [-0.39, 0.29) is 17.5 Å². The first kappa shape index (κ1) is 21.9. The molecule has 3 aromatic rings. The molecular weight excluding hydrogens is 413 g/mol. The topological polar surface area (TPSA) is 73.9 Å². The molecule has 0 amide bonds. The van der Waals surface area contributed by atoms with E-state index in [1.165, 1.54) is 18.2 Å². The summed E-state index contributed by atoms with van der Waals surface area (Å²) in [6.07, 6.45) is 0.0269. The van der Waals surface area contributed by atoms with Crippen molar-refractivity contribution in [2.75, 3.05) is 24.3 Å². The SMILES string of the molecule is CSCCCOc1nc(N)nc(-c2ccc(F)cc2)c1-c1cc(C)nc(C(F)F)c1. The summed E-state index contributed by atoms with van der Waals surface area (Å²) in [5.41, 5.74) is 7.72. The third-order valence-corrected chi connectivity index (χ3v) is 4.92. The quantitative estimate of drug-likeness (QED) is 0.485. The normalized spacial score (nSPS) is 11.1. The van der Waals surface area contributed by atoms with Gasteiger partial charge in [0.05, 0.1) is 17.9 Å². The van der Waals surface area contributed by atoms with Crippen LogP contribution in [0.25, 0.3) is 22.4 Å². The van der Waals surface area contributed by atoms with E-state index in [4.69, 9.17) is 10.5 Å². The second-order valence-corrected chi connectivity index (χ2v) is 7.52. The Kier molecular flexibility index (Phi) is 7.15. The number of nitrogen functional groups attached to an aromatic ring is 1. The molecule has 2 heterocycles. The highest BCUT2D eigenvalue weighted by Crippen LogP contribution is 2.39. The number of aromatic nitrogens is 3. The van der Waals surface area contributed by atoms with E-state index in [2.05, 4.69) is 15.0 Å². The van der Waals surface area contributed by atoms with Crippen molar-refractivity contribution in [3.63, 3.8) is 0 Å². The van der Waals surface area contributed by atoms with Crippen molar-refractivity contribution in [1.29, 1.82) is 0 Å². The summed E-state index contributed by atoms with van der Waals surface area (Å²) in [7, 11) is 0. The van der Waals surface area contributed by atoms with Crippen LogP contribution in [0.2, 0.25) is 0 Å². The van der Waals surface area contributed by atoms with E-state index in [0.717, 1.165) is 12.2 Å². The van der Waals surface area contributed by atoms with E-state index >= 15 is 0 Å². The maximum Gasteiger partial charge on any atom is 0.280 e. The summed E-state index contributed by atoms with van der Waals surface area (Å²) in [4.78, 5) is 12.4. The van der Waals surface area contributed by atoms with Crippen LogP contribution in [-0.4, -0.2) is 33.6 Å². The lowest BCUT2D eigenvalue weighted by molar-refractivity contribution is 0.146. The molecule has 1 aromatic carbocycles. The van der Waals surface area contributed by atoms with Gasteiger partial charge < -0.3 is 10.5 Å². The molecule has 0 atom stereocenters. The maximum atomic E-state index is 13.4. The van der Waals surface area contributed by atoms with Crippen molar-refractivity contribution in [1.82, 2.24) is 15.0 Å². The van der Waals surface area contributed by atoms with Gasteiger partial charge in [-0.2, -0.15) is 16.7 Å². The average Bonchev–Trinajstić information content (AvgIpc) is 2.71. The lowest BCUT2D eigenvalue weighted by Gasteiger charge is -2.16. The van der Waals surface area contributed by atoms with Crippen LogP contribution in [0.3, 0.4) is 0 Å². The largest absolute Gasteiger partial charge is 0.477 e. The number of thioether (sulfide) groups is 1. The van der Waals surface area contributed by atoms with E-state index in [1.807, 2.05) is 6.26 Å². The van der Waals surface area contributed by atoms with Gasteiger partial charge in [-0.15, -0.1) is 0 Å². The van der Waals surface area contributed by atoms with E-state index in [1.54, 1.807) is 36.9 Å². The minimum Gasteiger partial charge on any atom is -0.477 e. The molecule has 0 unspecified atom stereocenters. The Morgan fingerprint density at radius 1 is 1.07 bits per heavy atom. The van der Waals surface area contributed by atoms with Crippen LogP contribution in [0.1, 0.15) is 24.2 Å². The van der Waals surface area contributed by atoms with Gasteiger partial charge in [0, 0.05) is 11.3 Å². The number of nitrogens with two attached hydrogens (primary N) is 1. The number of halogens is 3. The number of ether oxygens (including phenoxy) is 1. The molecule has 0 aliphatic carbocycles.